The Morgan fingerprint density at radius 2 is 2.04 bits per heavy atom. The summed E-state index contributed by atoms with van der Waals surface area (Å²) in [5.74, 6) is -0.0501. The molecule has 2 rings (SSSR count). The smallest absolute Gasteiger partial charge is 0.270 e. The molecule has 1 heterocycles. The number of rotatable bonds is 7. The summed E-state index contributed by atoms with van der Waals surface area (Å²) in [4.78, 5) is 25.3. The van der Waals surface area contributed by atoms with Crippen molar-refractivity contribution in [2.45, 2.75) is 39.2 Å². The highest BCUT2D eigenvalue weighted by atomic mass is 16.6. The van der Waals surface area contributed by atoms with Crippen LogP contribution in [-0.4, -0.2) is 41.7 Å². The van der Waals surface area contributed by atoms with Crippen LogP contribution in [0.5, 0.6) is 0 Å². The molecule has 0 aliphatic carbocycles. The van der Waals surface area contributed by atoms with Gasteiger partial charge in [-0.25, -0.2) is 0 Å². The molecule has 0 aromatic heterocycles. The normalized spacial score (nSPS) is 15.6. The molecule has 0 radical (unpaired) electrons. The van der Waals surface area contributed by atoms with Gasteiger partial charge in [-0.1, -0.05) is 13.8 Å². The minimum absolute atomic E-state index is 0.104. The second-order valence-corrected chi connectivity index (χ2v) is 6.64. The molecule has 0 saturated carbocycles. The average Bonchev–Trinajstić information content (AvgIpc) is 3.07. The number of nitrogens with one attached hydrogen (secondary N) is 1. The molecule has 0 bridgehead atoms. The fourth-order valence-electron chi connectivity index (χ4n) is 3.06. The molecule has 1 unspecified atom stereocenters. The van der Waals surface area contributed by atoms with Crippen LogP contribution < -0.4 is 10.2 Å². The van der Waals surface area contributed by atoms with Crippen molar-refractivity contribution in [1.29, 1.82) is 0 Å². The molecule has 132 valence electrons. The van der Waals surface area contributed by atoms with E-state index >= 15 is 0 Å². The Morgan fingerprint density at radius 1 is 1.38 bits per heavy atom. The summed E-state index contributed by atoms with van der Waals surface area (Å²) in [7, 11) is 0. The van der Waals surface area contributed by atoms with Gasteiger partial charge < -0.3 is 15.3 Å². The van der Waals surface area contributed by atoms with Crippen molar-refractivity contribution in [2.75, 3.05) is 24.6 Å². The summed E-state index contributed by atoms with van der Waals surface area (Å²) in [5.41, 5.74) is 0.914. The quantitative estimate of drug-likeness (QED) is 0.589. The van der Waals surface area contributed by atoms with Gasteiger partial charge in [0.05, 0.1) is 28.8 Å². The molecule has 7 nitrogen and oxygen atoms in total. The van der Waals surface area contributed by atoms with Gasteiger partial charge >= 0.3 is 0 Å². The summed E-state index contributed by atoms with van der Waals surface area (Å²) in [6, 6.07) is 4.05. The maximum Gasteiger partial charge on any atom is 0.270 e. The lowest BCUT2D eigenvalue weighted by Crippen LogP contribution is -2.39. The minimum atomic E-state index is -0.498. The maximum absolute atomic E-state index is 12.7. The Kier molecular flexibility index (Phi) is 6.14. The van der Waals surface area contributed by atoms with Crippen LogP contribution in [-0.2, 0) is 0 Å². The van der Waals surface area contributed by atoms with E-state index in [1.807, 2.05) is 13.8 Å². The van der Waals surface area contributed by atoms with Crippen molar-refractivity contribution in [3.63, 3.8) is 0 Å². The van der Waals surface area contributed by atoms with Crippen molar-refractivity contribution in [2.24, 2.45) is 5.92 Å². The van der Waals surface area contributed by atoms with E-state index in [2.05, 4.69) is 10.2 Å². The minimum Gasteiger partial charge on any atom is -0.394 e. The van der Waals surface area contributed by atoms with Crippen LogP contribution in [0.2, 0.25) is 0 Å². The van der Waals surface area contributed by atoms with Crippen LogP contribution in [0, 0.1) is 16.0 Å². The van der Waals surface area contributed by atoms with Gasteiger partial charge in [0.2, 0.25) is 0 Å². The first-order valence-electron chi connectivity index (χ1n) is 8.37. The lowest BCUT2D eigenvalue weighted by Gasteiger charge is -2.23. The molecule has 1 fully saturated rings. The van der Waals surface area contributed by atoms with Crippen LogP contribution in [0.3, 0.4) is 0 Å². The Hall–Kier alpha value is -2.15. The highest BCUT2D eigenvalue weighted by Gasteiger charge is 2.24. The van der Waals surface area contributed by atoms with E-state index in [0.29, 0.717) is 17.9 Å². The highest BCUT2D eigenvalue weighted by molar-refractivity contribution is 6.00. The number of hydrogen-bond donors (Lipinski definition) is 2. The number of non-ortho nitro benzene ring substituents is 1. The van der Waals surface area contributed by atoms with Crippen molar-refractivity contribution >= 4 is 17.3 Å². The topological polar surface area (TPSA) is 95.7 Å². The largest absolute Gasteiger partial charge is 0.394 e. The number of hydrogen-bond acceptors (Lipinski definition) is 5. The number of carbonyl (C=O) groups is 1. The van der Waals surface area contributed by atoms with Gasteiger partial charge in [0.1, 0.15) is 0 Å². The number of nitrogens with zero attached hydrogens (tertiary/aromatic N) is 2. The fraction of sp³-hybridized carbons (Fsp3) is 0.588. The SMILES string of the molecule is CC(C)CC(CO)NC(=O)c1cc([N+](=O)[O-])ccc1N1CCCC1. The molecule has 1 aliphatic heterocycles. The predicted octanol–water partition coefficient (Wildman–Crippen LogP) is 2.33. The molecule has 0 spiro atoms. The average molecular weight is 335 g/mol. The molecular weight excluding hydrogens is 310 g/mol. The van der Waals surface area contributed by atoms with Gasteiger partial charge in [0, 0.05) is 25.2 Å². The summed E-state index contributed by atoms with van der Waals surface area (Å²) < 4.78 is 0. The van der Waals surface area contributed by atoms with Gasteiger partial charge in [-0.2, -0.15) is 0 Å². The van der Waals surface area contributed by atoms with Crippen molar-refractivity contribution in [1.82, 2.24) is 5.32 Å². The number of aliphatic hydroxyl groups is 1. The first-order chi connectivity index (χ1) is 11.4. The summed E-state index contributed by atoms with van der Waals surface area (Å²) in [6.45, 7) is 5.55. The van der Waals surface area contributed by atoms with E-state index in [1.165, 1.54) is 12.1 Å². The molecular formula is C17H25N3O4. The molecule has 1 amide bonds. The van der Waals surface area contributed by atoms with Crippen molar-refractivity contribution in [3.05, 3.63) is 33.9 Å². The van der Waals surface area contributed by atoms with Crippen LogP contribution >= 0.6 is 0 Å². The van der Waals surface area contributed by atoms with Gasteiger partial charge in [0.25, 0.3) is 11.6 Å². The first-order valence-corrected chi connectivity index (χ1v) is 8.37. The van der Waals surface area contributed by atoms with E-state index in [0.717, 1.165) is 31.6 Å². The third kappa shape index (κ3) is 4.44. The first kappa shape index (κ1) is 18.2. The monoisotopic (exact) mass is 335 g/mol. The third-order valence-corrected chi connectivity index (χ3v) is 4.19. The van der Waals surface area contributed by atoms with E-state index < -0.39 is 4.92 Å². The summed E-state index contributed by atoms with van der Waals surface area (Å²) >= 11 is 0. The van der Waals surface area contributed by atoms with Crippen LogP contribution in [0.4, 0.5) is 11.4 Å². The van der Waals surface area contributed by atoms with Crippen LogP contribution in [0.25, 0.3) is 0 Å². The zero-order valence-electron chi connectivity index (χ0n) is 14.2. The lowest BCUT2D eigenvalue weighted by molar-refractivity contribution is -0.384. The number of anilines is 1. The Labute approximate surface area is 141 Å². The molecule has 2 N–H and O–H groups in total. The molecule has 7 heteroatoms. The molecule has 1 aromatic rings. The van der Waals surface area contributed by atoms with Crippen LogP contribution in [0.15, 0.2) is 18.2 Å². The number of benzene rings is 1. The summed E-state index contributed by atoms with van der Waals surface area (Å²) in [5, 5.41) is 23.3. The van der Waals surface area contributed by atoms with E-state index in [4.69, 9.17) is 0 Å². The molecule has 1 saturated heterocycles. The second-order valence-electron chi connectivity index (χ2n) is 6.64. The molecule has 1 aromatic carbocycles. The fourth-order valence-corrected chi connectivity index (χ4v) is 3.06. The van der Waals surface area contributed by atoms with Crippen molar-refractivity contribution in [3.8, 4) is 0 Å². The standard InChI is InChI=1S/C17H25N3O4/c1-12(2)9-13(11-21)18-17(22)15-10-14(20(23)24)5-6-16(15)19-7-3-4-8-19/h5-6,10,12-13,21H,3-4,7-9,11H2,1-2H3,(H,18,22). The van der Waals surface area contributed by atoms with Gasteiger partial charge in [0.15, 0.2) is 0 Å². The van der Waals surface area contributed by atoms with Gasteiger partial charge in [-0.3, -0.25) is 14.9 Å². The predicted molar refractivity (Wildman–Crippen MR) is 92.3 cm³/mol. The number of nitro benzene ring substituents is 1. The van der Waals surface area contributed by atoms with Crippen molar-refractivity contribution < 1.29 is 14.8 Å². The maximum atomic E-state index is 12.7. The van der Waals surface area contributed by atoms with E-state index in [9.17, 15) is 20.0 Å². The zero-order chi connectivity index (χ0) is 17.7. The zero-order valence-corrected chi connectivity index (χ0v) is 14.2. The summed E-state index contributed by atoms with van der Waals surface area (Å²) in [6.07, 6.45) is 2.74. The van der Waals surface area contributed by atoms with Gasteiger partial charge in [-0.15, -0.1) is 0 Å². The number of carbonyl (C=O) groups excluding carboxylic acids is 1. The second kappa shape index (κ2) is 8.10. The Morgan fingerprint density at radius 3 is 2.58 bits per heavy atom. The van der Waals surface area contributed by atoms with E-state index in [-0.39, 0.29) is 24.2 Å². The lowest BCUT2D eigenvalue weighted by atomic mass is 10.0. The van der Waals surface area contributed by atoms with E-state index in [1.54, 1.807) is 6.07 Å². The number of nitro groups is 1. The highest BCUT2D eigenvalue weighted by Crippen LogP contribution is 2.28. The molecule has 1 aliphatic rings. The third-order valence-electron chi connectivity index (χ3n) is 4.19. The number of amides is 1. The Balaban J connectivity index is 2.28. The molecule has 1 atom stereocenters. The number of aliphatic hydroxyl groups excluding tert-OH is 1. The molecule has 24 heavy (non-hydrogen) atoms. The van der Waals surface area contributed by atoms with Crippen LogP contribution in [0.1, 0.15) is 43.5 Å². The van der Waals surface area contributed by atoms with Gasteiger partial charge in [-0.05, 0) is 31.2 Å². The Bertz CT molecular complexity index is 597.